The van der Waals surface area contributed by atoms with E-state index < -0.39 is 0 Å². The van der Waals surface area contributed by atoms with Crippen LogP contribution in [0.2, 0.25) is 0 Å². The Balaban J connectivity index is 1.69. The van der Waals surface area contributed by atoms with Gasteiger partial charge in [0.05, 0.1) is 19.3 Å². The first-order valence-corrected chi connectivity index (χ1v) is 8.83. The van der Waals surface area contributed by atoms with Gasteiger partial charge in [-0.3, -0.25) is 4.90 Å². The Kier molecular flexibility index (Phi) is 6.20. The summed E-state index contributed by atoms with van der Waals surface area (Å²) in [6.07, 6.45) is 0. The minimum atomic E-state index is -0.333. The van der Waals surface area contributed by atoms with E-state index in [0.29, 0.717) is 18.9 Å². The molecule has 2 aromatic rings. The molecule has 0 unspecified atom stereocenters. The van der Waals surface area contributed by atoms with Gasteiger partial charge in [0.1, 0.15) is 5.82 Å². The van der Waals surface area contributed by atoms with Crippen molar-refractivity contribution >= 4 is 11.7 Å². The van der Waals surface area contributed by atoms with Crippen LogP contribution in [-0.4, -0.2) is 43.3 Å². The van der Waals surface area contributed by atoms with Crippen molar-refractivity contribution in [1.82, 2.24) is 10.2 Å². The van der Waals surface area contributed by atoms with Crippen molar-refractivity contribution < 1.29 is 13.9 Å². The zero-order valence-corrected chi connectivity index (χ0v) is 14.8. The van der Waals surface area contributed by atoms with Crippen LogP contribution in [-0.2, 0) is 4.74 Å². The van der Waals surface area contributed by atoms with Gasteiger partial charge in [0, 0.05) is 24.8 Å². The van der Waals surface area contributed by atoms with Gasteiger partial charge in [0.15, 0.2) is 0 Å². The molecule has 1 heterocycles. The highest BCUT2D eigenvalue weighted by atomic mass is 19.1. The topological polar surface area (TPSA) is 53.6 Å². The number of ether oxygens (including phenoxy) is 1. The van der Waals surface area contributed by atoms with E-state index in [1.807, 2.05) is 25.1 Å². The molecular formula is C20H24FN3O2. The molecule has 0 aromatic heterocycles. The van der Waals surface area contributed by atoms with E-state index in [1.54, 1.807) is 0 Å². The number of amides is 2. The molecule has 2 amide bonds. The van der Waals surface area contributed by atoms with Crippen molar-refractivity contribution in [1.29, 1.82) is 0 Å². The van der Waals surface area contributed by atoms with Crippen molar-refractivity contribution in [2.24, 2.45) is 0 Å². The monoisotopic (exact) mass is 357 g/mol. The van der Waals surface area contributed by atoms with Gasteiger partial charge >= 0.3 is 6.03 Å². The van der Waals surface area contributed by atoms with Crippen LogP contribution in [0.25, 0.3) is 0 Å². The molecule has 3 rings (SSSR count). The van der Waals surface area contributed by atoms with E-state index in [1.165, 1.54) is 24.3 Å². The summed E-state index contributed by atoms with van der Waals surface area (Å²) in [4.78, 5) is 14.7. The summed E-state index contributed by atoms with van der Waals surface area (Å²) >= 11 is 0. The smallest absolute Gasteiger partial charge is 0.319 e. The molecule has 0 spiro atoms. The Bertz CT molecular complexity index is 703. The standard InChI is InChI=1S/C20H24FN3O2/c1-15(22-20(25)23-18-9-7-17(21)8-10-18)19(16-5-3-2-4-6-16)24-11-13-26-14-12-24/h2-10,15,19H,11-14H2,1H3,(H2,22,23,25)/t15-,19+/m0/s1. The average Bonchev–Trinajstić information content (AvgIpc) is 2.65. The van der Waals surface area contributed by atoms with Crippen LogP contribution in [0.3, 0.4) is 0 Å². The van der Waals surface area contributed by atoms with Gasteiger partial charge < -0.3 is 15.4 Å². The van der Waals surface area contributed by atoms with Crippen molar-refractivity contribution in [3.8, 4) is 0 Å². The molecule has 138 valence electrons. The number of carbonyl (C=O) groups excluding carboxylic acids is 1. The second kappa shape index (κ2) is 8.78. The van der Waals surface area contributed by atoms with Crippen LogP contribution in [0.5, 0.6) is 0 Å². The summed E-state index contributed by atoms with van der Waals surface area (Å²) in [6.45, 7) is 5.03. The fourth-order valence-corrected chi connectivity index (χ4v) is 3.31. The number of benzene rings is 2. The largest absolute Gasteiger partial charge is 0.379 e. The highest BCUT2D eigenvalue weighted by Crippen LogP contribution is 2.25. The summed E-state index contributed by atoms with van der Waals surface area (Å²) < 4.78 is 18.5. The fourth-order valence-electron chi connectivity index (χ4n) is 3.31. The van der Waals surface area contributed by atoms with Crippen LogP contribution in [0, 0.1) is 5.82 Å². The van der Waals surface area contributed by atoms with E-state index in [4.69, 9.17) is 4.74 Å². The molecule has 1 saturated heterocycles. The Hall–Kier alpha value is -2.44. The van der Waals surface area contributed by atoms with Crippen LogP contribution >= 0.6 is 0 Å². The lowest BCUT2D eigenvalue weighted by Crippen LogP contribution is -2.49. The van der Waals surface area contributed by atoms with Crippen LogP contribution < -0.4 is 10.6 Å². The maximum atomic E-state index is 13.0. The number of nitrogens with one attached hydrogen (secondary N) is 2. The maximum absolute atomic E-state index is 13.0. The third-order valence-electron chi connectivity index (χ3n) is 4.51. The van der Waals surface area contributed by atoms with Gasteiger partial charge in [-0.2, -0.15) is 0 Å². The highest BCUT2D eigenvalue weighted by molar-refractivity contribution is 5.89. The van der Waals surface area contributed by atoms with Crippen molar-refractivity contribution in [3.05, 3.63) is 66.0 Å². The Morgan fingerprint density at radius 1 is 1.08 bits per heavy atom. The predicted octanol–water partition coefficient (Wildman–Crippen LogP) is 3.41. The molecule has 0 bridgehead atoms. The summed E-state index contributed by atoms with van der Waals surface area (Å²) in [5, 5.41) is 5.76. The quantitative estimate of drug-likeness (QED) is 0.862. The molecule has 2 atom stereocenters. The molecule has 1 fully saturated rings. The molecule has 0 radical (unpaired) electrons. The lowest BCUT2D eigenvalue weighted by atomic mass is 9.98. The summed E-state index contributed by atoms with van der Waals surface area (Å²) in [5.74, 6) is -0.333. The molecule has 1 aliphatic rings. The molecule has 0 aliphatic carbocycles. The maximum Gasteiger partial charge on any atom is 0.319 e. The molecule has 1 aliphatic heterocycles. The van der Waals surface area contributed by atoms with Crippen molar-refractivity contribution in [2.45, 2.75) is 19.0 Å². The number of halogens is 1. The van der Waals surface area contributed by atoms with Crippen LogP contribution in [0.4, 0.5) is 14.9 Å². The minimum absolute atomic E-state index is 0.0547. The lowest BCUT2D eigenvalue weighted by molar-refractivity contribution is 0.00974. The first kappa shape index (κ1) is 18.4. The first-order chi connectivity index (χ1) is 12.6. The first-order valence-electron chi connectivity index (χ1n) is 8.83. The van der Waals surface area contributed by atoms with Crippen molar-refractivity contribution in [3.63, 3.8) is 0 Å². The van der Waals surface area contributed by atoms with E-state index in [2.05, 4.69) is 27.7 Å². The average molecular weight is 357 g/mol. The number of carbonyl (C=O) groups is 1. The number of hydrogen-bond donors (Lipinski definition) is 2. The van der Waals surface area contributed by atoms with Crippen LogP contribution in [0.1, 0.15) is 18.5 Å². The molecule has 2 aromatic carbocycles. The number of urea groups is 1. The fraction of sp³-hybridized carbons (Fsp3) is 0.350. The third kappa shape index (κ3) is 4.80. The predicted molar refractivity (Wildman–Crippen MR) is 99.6 cm³/mol. The Labute approximate surface area is 153 Å². The second-order valence-corrected chi connectivity index (χ2v) is 6.40. The SMILES string of the molecule is C[C@H](NC(=O)Nc1ccc(F)cc1)[C@H](c1ccccc1)N1CCOCC1. The molecule has 6 heteroatoms. The summed E-state index contributed by atoms with van der Waals surface area (Å²) in [6, 6.07) is 15.5. The van der Waals surface area contributed by atoms with Crippen LogP contribution in [0.15, 0.2) is 54.6 Å². The van der Waals surface area contributed by atoms with Gasteiger partial charge in [-0.1, -0.05) is 30.3 Å². The van der Waals surface area contributed by atoms with E-state index in [9.17, 15) is 9.18 Å². The highest BCUT2D eigenvalue weighted by Gasteiger charge is 2.28. The number of anilines is 1. The molecule has 2 N–H and O–H groups in total. The third-order valence-corrected chi connectivity index (χ3v) is 4.51. The molecule has 0 saturated carbocycles. The molecular weight excluding hydrogens is 333 g/mol. The number of nitrogens with zero attached hydrogens (tertiary/aromatic N) is 1. The van der Waals surface area contributed by atoms with E-state index in [-0.39, 0.29) is 23.9 Å². The Morgan fingerprint density at radius 3 is 2.38 bits per heavy atom. The van der Waals surface area contributed by atoms with Gasteiger partial charge in [0.25, 0.3) is 0 Å². The second-order valence-electron chi connectivity index (χ2n) is 6.40. The van der Waals surface area contributed by atoms with Gasteiger partial charge in [-0.15, -0.1) is 0 Å². The number of rotatable bonds is 5. The van der Waals surface area contributed by atoms with E-state index in [0.717, 1.165) is 18.7 Å². The molecule has 26 heavy (non-hydrogen) atoms. The normalized spacial score (nSPS) is 17.3. The Morgan fingerprint density at radius 2 is 1.73 bits per heavy atom. The van der Waals surface area contributed by atoms with Gasteiger partial charge in [-0.05, 0) is 36.8 Å². The van der Waals surface area contributed by atoms with Gasteiger partial charge in [-0.25, -0.2) is 9.18 Å². The summed E-state index contributed by atoms with van der Waals surface area (Å²) in [7, 11) is 0. The zero-order valence-electron chi connectivity index (χ0n) is 14.8. The minimum Gasteiger partial charge on any atom is -0.379 e. The molecule has 5 nitrogen and oxygen atoms in total. The number of morpholine rings is 1. The lowest BCUT2D eigenvalue weighted by Gasteiger charge is -2.38. The zero-order chi connectivity index (χ0) is 18.4. The summed E-state index contributed by atoms with van der Waals surface area (Å²) in [5.41, 5.74) is 1.71. The van der Waals surface area contributed by atoms with Crippen molar-refractivity contribution in [2.75, 3.05) is 31.6 Å². The number of hydrogen-bond acceptors (Lipinski definition) is 3. The van der Waals surface area contributed by atoms with Gasteiger partial charge in [0.2, 0.25) is 0 Å². The van der Waals surface area contributed by atoms with E-state index >= 15 is 0 Å².